The smallest absolute Gasteiger partial charge is 0.261 e. The highest BCUT2D eigenvalue weighted by Gasteiger charge is 2.33. The minimum Gasteiger partial charge on any atom is -0.497 e. The SMILES string of the molecule is COc1ccc(C2=NN(C(=O)CSc3nnc(CNC(=O)c4cccs4)n3-c3cc(C)ccc3C)[C@H](c3ccc(OC)cc3)C2)cc1. The van der Waals surface area contributed by atoms with E-state index in [9.17, 15) is 9.59 Å². The van der Waals surface area contributed by atoms with E-state index in [0.717, 1.165) is 45.2 Å². The molecule has 240 valence electrons. The molecule has 0 spiro atoms. The van der Waals surface area contributed by atoms with Gasteiger partial charge in [0.1, 0.15) is 11.5 Å². The predicted octanol–water partition coefficient (Wildman–Crippen LogP) is 6.36. The van der Waals surface area contributed by atoms with Crippen LogP contribution in [-0.2, 0) is 11.3 Å². The van der Waals surface area contributed by atoms with Crippen LogP contribution in [0.5, 0.6) is 11.5 Å². The van der Waals surface area contributed by atoms with Crippen molar-refractivity contribution in [2.45, 2.75) is 38.0 Å². The summed E-state index contributed by atoms with van der Waals surface area (Å²) in [7, 11) is 3.26. The summed E-state index contributed by atoms with van der Waals surface area (Å²) in [5, 5.41) is 20.7. The molecule has 1 aliphatic heterocycles. The van der Waals surface area contributed by atoms with Crippen LogP contribution in [-0.4, -0.2) is 57.3 Å². The van der Waals surface area contributed by atoms with Gasteiger partial charge in [0.25, 0.3) is 11.8 Å². The Hall–Kier alpha value is -4.94. The standard InChI is InChI=1S/C35H34N6O4S2/c1-22-7-8-23(2)29(18-22)40-32(20-36-34(43)31-6-5-17-46-31)37-38-35(40)47-21-33(42)41-30(25-11-15-27(45-4)16-12-25)19-28(39-41)24-9-13-26(44-3)14-10-24/h5-18,30H,19-21H2,1-4H3,(H,36,43)/t30-/m0/s1. The molecular weight excluding hydrogens is 633 g/mol. The number of hydrogen-bond donors (Lipinski definition) is 1. The number of hydrogen-bond acceptors (Lipinski definition) is 9. The summed E-state index contributed by atoms with van der Waals surface area (Å²) in [5.41, 5.74) is 5.67. The Balaban J connectivity index is 1.27. The van der Waals surface area contributed by atoms with Crippen molar-refractivity contribution in [2.24, 2.45) is 5.10 Å². The summed E-state index contributed by atoms with van der Waals surface area (Å²) in [4.78, 5) is 27.3. The van der Waals surface area contributed by atoms with Gasteiger partial charge in [0, 0.05) is 6.42 Å². The number of nitrogens with one attached hydrogen (secondary N) is 1. The van der Waals surface area contributed by atoms with E-state index in [4.69, 9.17) is 14.6 Å². The maximum atomic E-state index is 14.0. The normalized spacial score (nSPS) is 14.2. The highest BCUT2D eigenvalue weighted by molar-refractivity contribution is 7.99. The Labute approximate surface area is 281 Å². The molecule has 0 saturated heterocycles. The second kappa shape index (κ2) is 14.2. The Bertz CT molecular complexity index is 1900. The molecule has 1 atom stereocenters. The number of carbonyl (C=O) groups excluding carboxylic acids is 2. The molecule has 2 aromatic heterocycles. The summed E-state index contributed by atoms with van der Waals surface area (Å²) >= 11 is 2.67. The van der Waals surface area contributed by atoms with E-state index >= 15 is 0 Å². The highest BCUT2D eigenvalue weighted by atomic mass is 32.2. The lowest BCUT2D eigenvalue weighted by Gasteiger charge is -2.22. The summed E-state index contributed by atoms with van der Waals surface area (Å²) in [5.74, 6) is 1.80. The van der Waals surface area contributed by atoms with Gasteiger partial charge in [0.05, 0.1) is 48.8 Å². The summed E-state index contributed by atoms with van der Waals surface area (Å²) in [6, 6.07) is 24.9. The molecule has 1 aliphatic rings. The lowest BCUT2D eigenvalue weighted by atomic mass is 9.98. The fourth-order valence-corrected chi connectivity index (χ4v) is 6.80. The molecule has 3 heterocycles. The predicted molar refractivity (Wildman–Crippen MR) is 184 cm³/mol. The van der Waals surface area contributed by atoms with Crippen LogP contribution < -0.4 is 14.8 Å². The minimum absolute atomic E-state index is 0.0800. The zero-order valence-corrected chi connectivity index (χ0v) is 28.1. The Morgan fingerprint density at radius 3 is 2.36 bits per heavy atom. The van der Waals surface area contributed by atoms with Gasteiger partial charge < -0.3 is 14.8 Å². The Kier molecular flexibility index (Phi) is 9.69. The third-order valence-electron chi connectivity index (χ3n) is 7.87. The van der Waals surface area contributed by atoms with Gasteiger partial charge in [-0.15, -0.1) is 21.5 Å². The largest absolute Gasteiger partial charge is 0.497 e. The first-order valence-corrected chi connectivity index (χ1v) is 16.9. The highest BCUT2D eigenvalue weighted by Crippen LogP contribution is 2.35. The second-order valence-corrected chi connectivity index (χ2v) is 12.9. The van der Waals surface area contributed by atoms with Crippen molar-refractivity contribution in [1.29, 1.82) is 0 Å². The van der Waals surface area contributed by atoms with Gasteiger partial charge in [-0.3, -0.25) is 14.2 Å². The fraction of sp³-hybridized carbons (Fsp3) is 0.229. The molecule has 0 aliphatic carbocycles. The molecule has 10 nitrogen and oxygen atoms in total. The zero-order chi connectivity index (χ0) is 32.9. The molecule has 0 radical (unpaired) electrons. The van der Waals surface area contributed by atoms with Gasteiger partial charge in [0.2, 0.25) is 0 Å². The Morgan fingerprint density at radius 1 is 0.957 bits per heavy atom. The van der Waals surface area contributed by atoms with Crippen molar-refractivity contribution in [1.82, 2.24) is 25.1 Å². The molecule has 0 saturated carbocycles. The number of benzene rings is 3. The topological polar surface area (TPSA) is 111 Å². The first-order chi connectivity index (χ1) is 22.8. The molecule has 6 rings (SSSR count). The molecule has 0 bridgehead atoms. The van der Waals surface area contributed by atoms with Crippen LogP contribution in [0.25, 0.3) is 5.69 Å². The molecule has 0 fully saturated rings. The first kappa shape index (κ1) is 32.0. The van der Waals surface area contributed by atoms with E-state index < -0.39 is 0 Å². The van der Waals surface area contributed by atoms with Crippen LogP contribution in [0.3, 0.4) is 0 Å². The van der Waals surface area contributed by atoms with Crippen LogP contribution in [0.4, 0.5) is 0 Å². The average molecular weight is 667 g/mol. The third kappa shape index (κ3) is 7.08. The lowest BCUT2D eigenvalue weighted by Crippen LogP contribution is -2.28. The van der Waals surface area contributed by atoms with Gasteiger partial charge in [-0.05, 0) is 90.0 Å². The van der Waals surface area contributed by atoms with E-state index in [1.807, 2.05) is 90.5 Å². The first-order valence-electron chi connectivity index (χ1n) is 15.0. The number of thioether (sulfide) groups is 1. The number of nitrogens with zero attached hydrogens (tertiary/aromatic N) is 5. The van der Waals surface area contributed by atoms with E-state index in [1.165, 1.54) is 23.1 Å². The van der Waals surface area contributed by atoms with Crippen LogP contribution in [0.15, 0.2) is 94.5 Å². The number of aromatic nitrogens is 3. The average Bonchev–Trinajstić information content (AvgIpc) is 3.88. The minimum atomic E-state index is -0.286. The quantitative estimate of drug-likeness (QED) is 0.163. The van der Waals surface area contributed by atoms with E-state index in [1.54, 1.807) is 25.3 Å². The van der Waals surface area contributed by atoms with E-state index in [2.05, 4.69) is 21.6 Å². The molecule has 1 N–H and O–H groups in total. The van der Waals surface area contributed by atoms with Crippen molar-refractivity contribution in [3.63, 3.8) is 0 Å². The van der Waals surface area contributed by atoms with Crippen LogP contribution in [0.1, 0.15) is 50.2 Å². The van der Waals surface area contributed by atoms with E-state index in [0.29, 0.717) is 22.3 Å². The number of aryl methyl sites for hydroxylation is 2. The number of amides is 2. The van der Waals surface area contributed by atoms with Crippen LogP contribution in [0, 0.1) is 13.8 Å². The molecule has 3 aromatic carbocycles. The molecule has 2 amide bonds. The van der Waals surface area contributed by atoms with Crippen molar-refractivity contribution in [3.8, 4) is 17.2 Å². The van der Waals surface area contributed by atoms with Crippen molar-refractivity contribution >= 4 is 40.6 Å². The number of ether oxygens (including phenoxy) is 2. The molecule has 47 heavy (non-hydrogen) atoms. The molecule has 5 aromatic rings. The lowest BCUT2D eigenvalue weighted by molar-refractivity contribution is -0.130. The van der Waals surface area contributed by atoms with Crippen molar-refractivity contribution in [2.75, 3.05) is 20.0 Å². The van der Waals surface area contributed by atoms with Gasteiger partial charge in [-0.2, -0.15) is 5.10 Å². The van der Waals surface area contributed by atoms with Crippen molar-refractivity contribution in [3.05, 3.63) is 117 Å². The van der Waals surface area contributed by atoms with Gasteiger partial charge >= 0.3 is 0 Å². The molecular formula is C35H34N6O4S2. The summed E-state index contributed by atoms with van der Waals surface area (Å²) in [6.07, 6.45) is 0.557. The maximum Gasteiger partial charge on any atom is 0.261 e. The van der Waals surface area contributed by atoms with E-state index in [-0.39, 0.29) is 30.2 Å². The summed E-state index contributed by atoms with van der Waals surface area (Å²) < 4.78 is 12.6. The van der Waals surface area contributed by atoms with Gasteiger partial charge in [0.15, 0.2) is 11.0 Å². The number of rotatable bonds is 11. The number of carbonyl (C=O) groups is 2. The monoisotopic (exact) mass is 666 g/mol. The third-order valence-corrected chi connectivity index (χ3v) is 9.65. The molecule has 0 unspecified atom stereocenters. The maximum absolute atomic E-state index is 14.0. The Morgan fingerprint density at radius 2 is 1.68 bits per heavy atom. The fourth-order valence-electron chi connectivity index (χ4n) is 5.34. The van der Waals surface area contributed by atoms with Crippen molar-refractivity contribution < 1.29 is 19.1 Å². The number of methoxy groups -OCH3 is 2. The van der Waals surface area contributed by atoms with Crippen LogP contribution in [0.2, 0.25) is 0 Å². The summed E-state index contributed by atoms with van der Waals surface area (Å²) in [6.45, 7) is 4.21. The van der Waals surface area contributed by atoms with Gasteiger partial charge in [-0.25, -0.2) is 5.01 Å². The molecule has 12 heteroatoms. The number of thiophene rings is 1. The van der Waals surface area contributed by atoms with Gasteiger partial charge in [-0.1, -0.05) is 42.1 Å². The zero-order valence-electron chi connectivity index (χ0n) is 26.5. The number of hydrazone groups is 1. The van der Waals surface area contributed by atoms with Crippen LogP contribution >= 0.6 is 23.1 Å². The second-order valence-electron chi connectivity index (χ2n) is 11.0.